The first-order chi connectivity index (χ1) is 41.1. The van der Waals surface area contributed by atoms with Gasteiger partial charge in [-0.25, -0.2) is 4.98 Å². The Morgan fingerprint density at radius 3 is 1.91 bits per heavy atom. The predicted octanol–water partition coefficient (Wildman–Crippen LogP) is 15.2. The summed E-state index contributed by atoms with van der Waals surface area (Å²) in [6.45, 7) is 4.82. The zero-order chi connectivity index (χ0) is 58.7. The van der Waals surface area contributed by atoms with E-state index in [1.165, 1.54) is 10.4 Å². The van der Waals surface area contributed by atoms with E-state index >= 15 is 0 Å². The fraction of sp³-hybridized carbons (Fsp3) is 0.0294. The summed E-state index contributed by atoms with van der Waals surface area (Å²) < 4.78 is 100.0. The van der Waals surface area contributed by atoms with Crippen LogP contribution in [0.4, 0.5) is 17.1 Å². The first-order valence-corrected chi connectivity index (χ1v) is 27.6. The van der Waals surface area contributed by atoms with Crippen LogP contribution in [-0.2, 0) is 21.1 Å². The number of hydrogen-bond acceptors (Lipinski definition) is 3. The number of ether oxygens (including phenoxy) is 1. The SMILES string of the molecule is [2H]c1c([2H])c([2H])c(-c2cccc(-c3c([2H])c([2H])c([2H])c([2H])c3[2H])c2-[n+]2[c-]n(-c3[c-]c(Oc4[c-]c5c(cc4)c4cc(-c6ccccc6)ccc4n5-c4cc(N5c6ccccc6[Si](C)(C)c6ccccc65)ccn4)ccc3)c3ccccc32)c([2H])c1[2H].[Pt]. The fourth-order valence-electron chi connectivity index (χ4n) is 10.8. The number of fused-ring (bicyclic) bond motifs is 6. The van der Waals surface area contributed by atoms with Crippen LogP contribution in [0, 0.1) is 18.5 Å². The van der Waals surface area contributed by atoms with Crippen LogP contribution in [0.1, 0.15) is 13.7 Å². The molecule has 0 saturated carbocycles. The largest absolute Gasteiger partial charge is 0.510 e. The molecule has 0 atom stereocenters. The molecule has 0 saturated heterocycles. The maximum Gasteiger partial charge on any atom is 0.268 e. The molecule has 13 aromatic rings. The maximum atomic E-state index is 9.10. The Labute approximate surface area is 471 Å². The molecule has 0 bridgehead atoms. The molecular formula is C68H47N5OPtSi-2. The minimum atomic E-state index is -2.05. The van der Waals surface area contributed by atoms with Crippen LogP contribution in [0.25, 0.3) is 83.4 Å². The van der Waals surface area contributed by atoms with Gasteiger partial charge in [-0.1, -0.05) is 200 Å². The average Bonchev–Trinajstić information content (AvgIpc) is 4.28. The van der Waals surface area contributed by atoms with Gasteiger partial charge in [-0.2, -0.15) is 18.2 Å². The summed E-state index contributed by atoms with van der Waals surface area (Å²) in [6, 6.07) is 61.6. The smallest absolute Gasteiger partial charge is 0.268 e. The van der Waals surface area contributed by atoms with Gasteiger partial charge in [0.2, 0.25) is 0 Å². The molecule has 76 heavy (non-hydrogen) atoms. The van der Waals surface area contributed by atoms with Crippen molar-refractivity contribution in [2.45, 2.75) is 13.1 Å². The Kier molecular flexibility index (Phi) is 9.29. The van der Waals surface area contributed by atoms with Gasteiger partial charge in [0.15, 0.2) is 0 Å². The summed E-state index contributed by atoms with van der Waals surface area (Å²) in [7, 11) is -2.05. The van der Waals surface area contributed by atoms with Gasteiger partial charge in [0.05, 0.1) is 36.1 Å². The normalized spacial score (nSPS) is 14.4. The molecule has 0 radical (unpaired) electrons. The summed E-state index contributed by atoms with van der Waals surface area (Å²) >= 11 is 0. The van der Waals surface area contributed by atoms with Crippen LogP contribution in [0.5, 0.6) is 11.5 Å². The summed E-state index contributed by atoms with van der Waals surface area (Å²) in [5.41, 5.74) is 8.84. The molecule has 1 aliphatic heterocycles. The second kappa shape index (κ2) is 19.1. The van der Waals surface area contributed by atoms with E-state index in [9.17, 15) is 0 Å². The van der Waals surface area contributed by atoms with Crippen LogP contribution in [0.3, 0.4) is 0 Å². The van der Waals surface area contributed by atoms with E-state index in [0.29, 0.717) is 34.0 Å². The molecule has 0 amide bonds. The number of benzene rings is 10. The Bertz CT molecular complexity index is 4760. The van der Waals surface area contributed by atoms with Crippen molar-refractivity contribution < 1.29 is 44.1 Å². The third kappa shape index (κ3) is 7.90. The molecule has 0 N–H and O–H groups in total. The van der Waals surface area contributed by atoms with Crippen molar-refractivity contribution in [1.29, 1.82) is 0 Å². The van der Waals surface area contributed by atoms with Crippen molar-refractivity contribution in [1.82, 2.24) is 14.1 Å². The number of nitrogens with zero attached hydrogens (tertiary/aromatic N) is 5. The fourth-order valence-corrected chi connectivity index (χ4v) is 13.7. The average molecular weight is 1180 g/mol. The molecule has 0 aliphatic carbocycles. The first kappa shape index (κ1) is 37.0. The Hall–Kier alpha value is -8.87. The zero-order valence-corrected chi connectivity index (χ0v) is 44.1. The van der Waals surface area contributed by atoms with E-state index in [0.717, 1.165) is 50.0 Å². The van der Waals surface area contributed by atoms with Gasteiger partial charge in [0.1, 0.15) is 13.9 Å². The third-order valence-corrected chi connectivity index (χ3v) is 17.7. The molecule has 4 heterocycles. The van der Waals surface area contributed by atoms with Gasteiger partial charge >= 0.3 is 0 Å². The minimum Gasteiger partial charge on any atom is -0.510 e. The number of rotatable bonds is 9. The standard InChI is InChI=1S/C68H47N5OSi.Pt/c1-75(2)65-34-16-14-32-62(65)72(63-33-15-17-35-66(63)75)52-40-41-69-67(44-52)73-59-39-36-50(47-20-6-3-7-21-47)42-58(59)57-38-37-54(45-64(57)73)74-53-27-18-26-51(43-53)70-46-71(61-31-13-12-30-60(61)70)68-55(48-22-8-4-9-23-48)28-19-29-56(68)49-24-10-5-11-25-49;/h3-42,44H,1-2H3;/q-2;/i4D,5D,8D,9D,10D,11D,22D,23D,24D,25D;. The van der Waals surface area contributed by atoms with Crippen LogP contribution in [0.15, 0.2) is 249 Å². The Balaban J connectivity index is 0.00000686. The molecule has 8 heteroatoms. The van der Waals surface area contributed by atoms with E-state index in [-0.39, 0.29) is 49.0 Å². The Morgan fingerprint density at radius 2 is 1.18 bits per heavy atom. The maximum absolute atomic E-state index is 9.10. The van der Waals surface area contributed by atoms with Crippen molar-refractivity contribution >= 4 is 68.3 Å². The number of pyridine rings is 1. The molecule has 0 spiro atoms. The van der Waals surface area contributed by atoms with E-state index in [2.05, 4.69) is 132 Å². The molecule has 0 fully saturated rings. The van der Waals surface area contributed by atoms with Gasteiger partial charge in [-0.3, -0.25) is 4.57 Å². The van der Waals surface area contributed by atoms with Crippen LogP contribution < -0.4 is 24.6 Å². The summed E-state index contributed by atoms with van der Waals surface area (Å²) in [5, 5.41) is 4.66. The van der Waals surface area contributed by atoms with Gasteiger partial charge in [0.25, 0.3) is 6.33 Å². The van der Waals surface area contributed by atoms with Crippen molar-refractivity contribution in [2.24, 2.45) is 0 Å². The van der Waals surface area contributed by atoms with Crippen molar-refractivity contribution in [3.05, 3.63) is 267 Å². The molecule has 366 valence electrons. The second-order valence-electron chi connectivity index (χ2n) is 18.8. The van der Waals surface area contributed by atoms with Crippen molar-refractivity contribution in [3.8, 4) is 62.1 Å². The summed E-state index contributed by atoms with van der Waals surface area (Å²) in [6.07, 6.45) is 5.30. The molecule has 0 unspecified atom stereocenters. The van der Waals surface area contributed by atoms with Gasteiger partial charge < -0.3 is 18.8 Å². The van der Waals surface area contributed by atoms with Crippen molar-refractivity contribution in [2.75, 3.05) is 4.90 Å². The number of hydrogen-bond donors (Lipinski definition) is 0. The predicted molar refractivity (Wildman–Crippen MR) is 308 cm³/mol. The van der Waals surface area contributed by atoms with E-state index in [4.69, 9.17) is 23.4 Å². The molecule has 14 rings (SSSR count). The van der Waals surface area contributed by atoms with E-state index in [1.54, 1.807) is 33.4 Å². The quantitative estimate of drug-likeness (QED) is 0.0821. The van der Waals surface area contributed by atoms with Crippen LogP contribution in [-0.4, -0.2) is 22.2 Å². The van der Waals surface area contributed by atoms with Crippen molar-refractivity contribution in [3.63, 3.8) is 0 Å². The zero-order valence-electron chi connectivity index (χ0n) is 50.9. The number of para-hydroxylation sites is 5. The molecule has 6 nitrogen and oxygen atoms in total. The minimum absolute atomic E-state index is 0. The molecule has 10 aromatic carbocycles. The second-order valence-corrected chi connectivity index (χ2v) is 23.2. The van der Waals surface area contributed by atoms with Gasteiger partial charge in [-0.15, -0.1) is 29.7 Å². The summed E-state index contributed by atoms with van der Waals surface area (Å²) in [5.74, 6) is 1.44. The van der Waals surface area contributed by atoms with Crippen LogP contribution >= 0.6 is 0 Å². The number of imidazole rings is 1. The summed E-state index contributed by atoms with van der Waals surface area (Å²) in [4.78, 5) is 7.42. The van der Waals surface area contributed by atoms with Crippen LogP contribution in [0.2, 0.25) is 13.1 Å². The first-order valence-electron chi connectivity index (χ1n) is 29.6. The van der Waals surface area contributed by atoms with Gasteiger partial charge in [-0.05, 0) is 79.1 Å². The Morgan fingerprint density at radius 1 is 0.539 bits per heavy atom. The molecule has 1 aliphatic rings. The number of aromatic nitrogens is 4. The molecular weight excluding hydrogens is 1130 g/mol. The van der Waals surface area contributed by atoms with E-state index in [1.807, 2.05) is 72.9 Å². The van der Waals surface area contributed by atoms with Gasteiger partial charge in [0, 0.05) is 61.7 Å². The topological polar surface area (TPSA) is 39.1 Å². The third-order valence-electron chi connectivity index (χ3n) is 14.2. The number of anilines is 3. The molecule has 3 aromatic heterocycles. The van der Waals surface area contributed by atoms with E-state index < -0.39 is 68.5 Å². The monoisotopic (exact) mass is 1180 g/mol.